The summed E-state index contributed by atoms with van der Waals surface area (Å²) in [6.45, 7) is 1.46. The van der Waals surface area contributed by atoms with E-state index in [4.69, 9.17) is 9.47 Å². The van der Waals surface area contributed by atoms with Gasteiger partial charge in [0, 0.05) is 11.8 Å². The van der Waals surface area contributed by atoms with E-state index in [9.17, 15) is 18.0 Å². The van der Waals surface area contributed by atoms with Crippen LogP contribution in [0.2, 0.25) is 0 Å². The smallest absolute Gasteiger partial charge is 0.269 e. The Labute approximate surface area is 149 Å². The van der Waals surface area contributed by atoms with E-state index in [1.54, 1.807) is 24.3 Å². The number of carbonyl (C=O) groups is 2. The Hall–Kier alpha value is -3.07. The quantitative estimate of drug-likeness (QED) is 0.875. The van der Waals surface area contributed by atoms with Crippen LogP contribution in [0.5, 0.6) is 11.5 Å². The maximum atomic E-state index is 12.6. The number of hydrogen-bond acceptors (Lipinski definition) is 6. The molecule has 0 aliphatic carbocycles. The van der Waals surface area contributed by atoms with E-state index in [2.05, 4.69) is 5.32 Å². The van der Waals surface area contributed by atoms with Gasteiger partial charge in [0.25, 0.3) is 15.9 Å². The molecule has 1 atom stereocenters. The third-order valence-corrected chi connectivity index (χ3v) is 6.14. The van der Waals surface area contributed by atoms with Gasteiger partial charge in [0.05, 0.1) is 5.56 Å². The van der Waals surface area contributed by atoms with Crippen molar-refractivity contribution in [3.8, 4) is 11.5 Å². The van der Waals surface area contributed by atoms with Crippen LogP contribution in [0, 0.1) is 0 Å². The van der Waals surface area contributed by atoms with Crippen LogP contribution >= 0.6 is 0 Å². The fourth-order valence-corrected chi connectivity index (χ4v) is 4.64. The van der Waals surface area contributed by atoms with E-state index in [0.29, 0.717) is 21.5 Å². The summed E-state index contributed by atoms with van der Waals surface area (Å²) in [5.41, 5.74) is 0.475. The number of benzene rings is 2. The molecule has 2 aliphatic rings. The molecule has 9 heteroatoms. The highest BCUT2D eigenvalue weighted by Crippen LogP contribution is 2.35. The summed E-state index contributed by atoms with van der Waals surface area (Å²) in [7, 11) is -4.06. The highest BCUT2D eigenvalue weighted by atomic mass is 32.2. The number of sulfonamides is 1. The molecule has 134 valence electrons. The van der Waals surface area contributed by atoms with Crippen LogP contribution in [0.3, 0.4) is 0 Å². The summed E-state index contributed by atoms with van der Waals surface area (Å²) in [5.74, 6) is -0.306. The van der Waals surface area contributed by atoms with Crippen LogP contribution in [0.4, 0.5) is 5.69 Å². The van der Waals surface area contributed by atoms with E-state index in [1.807, 2.05) is 0 Å². The first-order valence-electron chi connectivity index (χ1n) is 7.78. The Morgan fingerprint density at radius 2 is 1.88 bits per heavy atom. The first-order valence-corrected chi connectivity index (χ1v) is 9.22. The molecule has 0 fully saturated rings. The summed E-state index contributed by atoms with van der Waals surface area (Å²) in [6, 6.07) is 9.48. The average molecular weight is 374 g/mol. The van der Waals surface area contributed by atoms with Gasteiger partial charge in [0.1, 0.15) is 10.9 Å². The lowest BCUT2D eigenvalue weighted by atomic mass is 10.2. The minimum Gasteiger partial charge on any atom is -0.454 e. The SMILES string of the molecule is C[C@@H](C(=O)Nc1ccc2c(c1)OCO2)N1C(=O)c2ccccc2S1(=O)=O. The Bertz CT molecular complexity index is 1030. The predicted octanol–water partition coefficient (Wildman–Crippen LogP) is 1.59. The molecule has 0 saturated carbocycles. The Kier molecular flexibility index (Phi) is 3.62. The fraction of sp³-hybridized carbons (Fsp3) is 0.176. The second kappa shape index (κ2) is 5.73. The number of fused-ring (bicyclic) bond motifs is 2. The van der Waals surface area contributed by atoms with Gasteiger partial charge < -0.3 is 14.8 Å². The Balaban J connectivity index is 1.59. The highest BCUT2D eigenvalue weighted by molar-refractivity contribution is 7.90. The van der Waals surface area contributed by atoms with E-state index in [1.165, 1.54) is 25.1 Å². The predicted molar refractivity (Wildman–Crippen MR) is 90.5 cm³/mol. The van der Waals surface area contributed by atoms with Crippen molar-refractivity contribution in [1.82, 2.24) is 4.31 Å². The molecule has 0 unspecified atom stereocenters. The van der Waals surface area contributed by atoms with Gasteiger partial charge in [-0.25, -0.2) is 12.7 Å². The first-order chi connectivity index (χ1) is 12.4. The van der Waals surface area contributed by atoms with Crippen molar-refractivity contribution in [2.24, 2.45) is 0 Å². The molecular weight excluding hydrogens is 360 g/mol. The van der Waals surface area contributed by atoms with Crippen LogP contribution in [0.25, 0.3) is 0 Å². The molecule has 1 N–H and O–H groups in total. The Morgan fingerprint density at radius 1 is 1.15 bits per heavy atom. The molecule has 8 nitrogen and oxygen atoms in total. The van der Waals surface area contributed by atoms with Gasteiger partial charge in [-0.15, -0.1) is 0 Å². The molecule has 0 saturated heterocycles. The van der Waals surface area contributed by atoms with Gasteiger partial charge in [-0.05, 0) is 31.2 Å². The van der Waals surface area contributed by atoms with Gasteiger partial charge in [0.15, 0.2) is 11.5 Å². The number of nitrogens with one attached hydrogen (secondary N) is 1. The highest BCUT2D eigenvalue weighted by Gasteiger charge is 2.45. The molecule has 4 rings (SSSR count). The van der Waals surface area contributed by atoms with Gasteiger partial charge in [0.2, 0.25) is 12.7 Å². The molecular formula is C17H14N2O6S. The topological polar surface area (TPSA) is 102 Å². The summed E-state index contributed by atoms with van der Waals surface area (Å²) >= 11 is 0. The van der Waals surface area contributed by atoms with Crippen LogP contribution in [-0.2, 0) is 14.8 Å². The number of hydrogen-bond donors (Lipinski definition) is 1. The van der Waals surface area contributed by atoms with Crippen molar-refractivity contribution < 1.29 is 27.5 Å². The zero-order valence-corrected chi connectivity index (χ0v) is 14.4. The molecule has 2 heterocycles. The van der Waals surface area contributed by atoms with Crippen molar-refractivity contribution >= 4 is 27.5 Å². The summed E-state index contributed by atoms with van der Waals surface area (Å²) in [5, 5.41) is 2.60. The largest absolute Gasteiger partial charge is 0.454 e. The van der Waals surface area contributed by atoms with Crippen molar-refractivity contribution in [2.45, 2.75) is 17.9 Å². The second-order valence-corrected chi connectivity index (χ2v) is 7.62. The number of nitrogens with zero attached hydrogens (tertiary/aromatic N) is 1. The van der Waals surface area contributed by atoms with Crippen molar-refractivity contribution in [3.63, 3.8) is 0 Å². The summed E-state index contributed by atoms with van der Waals surface area (Å²) in [6.07, 6.45) is 0. The summed E-state index contributed by atoms with van der Waals surface area (Å²) < 4.78 is 36.3. The third-order valence-electron chi connectivity index (χ3n) is 4.23. The zero-order valence-electron chi connectivity index (χ0n) is 13.6. The number of amides is 2. The first kappa shape index (κ1) is 16.4. The monoisotopic (exact) mass is 374 g/mol. The van der Waals surface area contributed by atoms with E-state index in [-0.39, 0.29) is 17.3 Å². The third kappa shape index (κ3) is 2.39. The molecule has 0 radical (unpaired) electrons. The van der Waals surface area contributed by atoms with Crippen LogP contribution < -0.4 is 14.8 Å². The van der Waals surface area contributed by atoms with E-state index < -0.39 is 27.9 Å². The van der Waals surface area contributed by atoms with E-state index >= 15 is 0 Å². The molecule has 2 aliphatic heterocycles. The molecule has 26 heavy (non-hydrogen) atoms. The average Bonchev–Trinajstić information content (AvgIpc) is 3.16. The molecule has 2 aromatic carbocycles. The number of ether oxygens (including phenoxy) is 2. The van der Waals surface area contributed by atoms with Gasteiger partial charge in [-0.1, -0.05) is 12.1 Å². The van der Waals surface area contributed by atoms with Crippen LogP contribution in [-0.4, -0.2) is 37.4 Å². The molecule has 0 aromatic heterocycles. The minimum atomic E-state index is -4.06. The van der Waals surface area contributed by atoms with Crippen LogP contribution in [0.15, 0.2) is 47.4 Å². The zero-order chi connectivity index (χ0) is 18.5. The number of carbonyl (C=O) groups excluding carboxylic acids is 2. The van der Waals surface area contributed by atoms with Crippen molar-refractivity contribution in [2.75, 3.05) is 12.1 Å². The number of rotatable bonds is 3. The van der Waals surface area contributed by atoms with Crippen LogP contribution in [0.1, 0.15) is 17.3 Å². The normalized spacial score (nSPS) is 17.7. The molecule has 0 spiro atoms. The summed E-state index contributed by atoms with van der Waals surface area (Å²) in [4.78, 5) is 24.9. The van der Waals surface area contributed by atoms with E-state index in [0.717, 1.165) is 0 Å². The second-order valence-electron chi connectivity index (χ2n) is 5.84. The number of anilines is 1. The lowest BCUT2D eigenvalue weighted by molar-refractivity contribution is -0.118. The van der Waals surface area contributed by atoms with Gasteiger partial charge in [-0.3, -0.25) is 9.59 Å². The fourth-order valence-electron chi connectivity index (χ4n) is 2.91. The van der Waals surface area contributed by atoms with Crippen molar-refractivity contribution in [3.05, 3.63) is 48.0 Å². The lowest BCUT2D eigenvalue weighted by Gasteiger charge is -2.22. The van der Waals surface area contributed by atoms with Crippen molar-refractivity contribution in [1.29, 1.82) is 0 Å². The lowest BCUT2D eigenvalue weighted by Crippen LogP contribution is -2.45. The Morgan fingerprint density at radius 3 is 2.65 bits per heavy atom. The molecule has 2 aromatic rings. The minimum absolute atomic E-state index is 0.0650. The molecule has 0 bridgehead atoms. The van der Waals surface area contributed by atoms with Gasteiger partial charge >= 0.3 is 0 Å². The standard InChI is InChI=1S/C17H14N2O6S/c1-10(16(20)18-11-6-7-13-14(8-11)25-9-24-13)19-17(21)12-4-2-3-5-15(12)26(19,22)23/h2-8,10H,9H2,1H3,(H,18,20)/t10-/m0/s1. The molecule has 2 amide bonds. The van der Waals surface area contributed by atoms with Gasteiger partial charge in [-0.2, -0.15) is 0 Å². The maximum absolute atomic E-state index is 12.6. The maximum Gasteiger partial charge on any atom is 0.269 e.